The highest BCUT2D eigenvalue weighted by Gasteiger charge is 2.14. The van der Waals surface area contributed by atoms with Crippen LogP contribution in [0.25, 0.3) is 5.65 Å². The molecule has 0 fully saturated rings. The number of aromatic nitrogens is 2. The normalized spacial score (nSPS) is 10.7. The molecule has 0 aliphatic rings. The molecule has 0 saturated heterocycles. The van der Waals surface area contributed by atoms with Gasteiger partial charge >= 0.3 is 0 Å². The number of halogens is 1. The Labute approximate surface area is 103 Å². The first-order valence-electron chi connectivity index (χ1n) is 5.48. The zero-order valence-electron chi connectivity index (χ0n) is 9.38. The highest BCUT2D eigenvalue weighted by molar-refractivity contribution is 6.08. The summed E-state index contributed by atoms with van der Waals surface area (Å²) >= 11 is 0. The maximum atomic E-state index is 13.2. The van der Waals surface area contributed by atoms with Crippen LogP contribution < -0.4 is 0 Å². The van der Waals surface area contributed by atoms with Crippen LogP contribution in [-0.4, -0.2) is 15.2 Å². The summed E-state index contributed by atoms with van der Waals surface area (Å²) in [5, 5.41) is 0. The second-order valence-corrected chi connectivity index (χ2v) is 3.91. The Morgan fingerprint density at radius 1 is 1.11 bits per heavy atom. The second-order valence-electron chi connectivity index (χ2n) is 3.91. The molecule has 0 N–H and O–H groups in total. The van der Waals surface area contributed by atoms with Crippen molar-refractivity contribution in [1.82, 2.24) is 9.38 Å². The third-order valence-corrected chi connectivity index (χ3v) is 2.74. The van der Waals surface area contributed by atoms with E-state index in [1.54, 1.807) is 24.3 Å². The van der Waals surface area contributed by atoms with Crippen LogP contribution in [0, 0.1) is 5.82 Å². The Morgan fingerprint density at radius 3 is 2.67 bits per heavy atom. The van der Waals surface area contributed by atoms with E-state index in [-0.39, 0.29) is 5.78 Å². The van der Waals surface area contributed by atoms with Gasteiger partial charge in [-0.05, 0) is 12.1 Å². The molecule has 0 amide bonds. The van der Waals surface area contributed by atoms with Gasteiger partial charge in [0, 0.05) is 11.8 Å². The monoisotopic (exact) mass is 240 g/mol. The molecule has 0 saturated carbocycles. The average Bonchev–Trinajstić information content (AvgIpc) is 2.82. The molecule has 0 atom stereocenters. The Kier molecular flexibility index (Phi) is 2.41. The van der Waals surface area contributed by atoms with Gasteiger partial charge in [0.2, 0.25) is 5.78 Å². The van der Waals surface area contributed by atoms with Gasteiger partial charge in [0.05, 0.1) is 6.20 Å². The third kappa shape index (κ3) is 1.68. The highest BCUT2D eigenvalue weighted by Crippen LogP contribution is 2.13. The lowest BCUT2D eigenvalue weighted by Gasteiger charge is -2.01. The van der Waals surface area contributed by atoms with E-state index in [0.29, 0.717) is 16.9 Å². The molecule has 0 unspecified atom stereocenters. The summed E-state index contributed by atoms with van der Waals surface area (Å²) in [6, 6.07) is 11.7. The summed E-state index contributed by atoms with van der Waals surface area (Å²) in [5.41, 5.74) is 1.47. The molecule has 2 heterocycles. The van der Waals surface area contributed by atoms with Gasteiger partial charge in [-0.1, -0.05) is 30.3 Å². The van der Waals surface area contributed by atoms with Crippen LogP contribution in [0.3, 0.4) is 0 Å². The molecule has 88 valence electrons. The van der Waals surface area contributed by atoms with E-state index < -0.39 is 5.82 Å². The number of rotatable bonds is 2. The number of imidazole rings is 1. The van der Waals surface area contributed by atoms with Crippen LogP contribution in [0.4, 0.5) is 4.39 Å². The van der Waals surface area contributed by atoms with Crippen LogP contribution in [0.2, 0.25) is 0 Å². The number of hydrogen-bond donors (Lipinski definition) is 0. The molecule has 18 heavy (non-hydrogen) atoms. The number of hydrogen-bond acceptors (Lipinski definition) is 2. The number of fused-ring (bicyclic) bond motifs is 1. The predicted octanol–water partition coefficient (Wildman–Crippen LogP) is 2.70. The smallest absolute Gasteiger partial charge is 0.211 e. The van der Waals surface area contributed by atoms with Crippen molar-refractivity contribution in [3.63, 3.8) is 0 Å². The van der Waals surface area contributed by atoms with Gasteiger partial charge in [-0.3, -0.25) is 9.20 Å². The second kappa shape index (κ2) is 4.07. The lowest BCUT2D eigenvalue weighted by atomic mass is 10.1. The summed E-state index contributed by atoms with van der Waals surface area (Å²) in [6.45, 7) is 0. The number of benzene rings is 1. The summed E-state index contributed by atoms with van der Waals surface area (Å²) in [7, 11) is 0. The Morgan fingerprint density at radius 2 is 1.89 bits per heavy atom. The van der Waals surface area contributed by atoms with Crippen molar-refractivity contribution in [1.29, 1.82) is 0 Å². The van der Waals surface area contributed by atoms with Gasteiger partial charge in [0.25, 0.3) is 0 Å². The van der Waals surface area contributed by atoms with E-state index in [0.717, 1.165) is 0 Å². The molecular weight excluding hydrogens is 231 g/mol. The number of carbonyl (C=O) groups excluding carboxylic acids is 1. The van der Waals surface area contributed by atoms with Crippen molar-refractivity contribution in [3.8, 4) is 0 Å². The maximum absolute atomic E-state index is 13.2. The van der Waals surface area contributed by atoms with Crippen molar-refractivity contribution >= 4 is 11.4 Å². The largest absolute Gasteiger partial charge is 0.294 e. The van der Waals surface area contributed by atoms with Crippen LogP contribution in [-0.2, 0) is 0 Å². The summed E-state index contributed by atoms with van der Waals surface area (Å²) in [4.78, 5) is 16.3. The van der Waals surface area contributed by atoms with Crippen molar-refractivity contribution in [3.05, 3.63) is 71.9 Å². The standard InChI is InChI=1S/C14H9FN2O/c15-11-6-7-13-16-8-12(17(13)9-11)14(18)10-4-2-1-3-5-10/h1-9H. The van der Waals surface area contributed by atoms with Crippen molar-refractivity contribution in [2.24, 2.45) is 0 Å². The van der Waals surface area contributed by atoms with Gasteiger partial charge in [0.15, 0.2) is 0 Å². The quantitative estimate of drug-likeness (QED) is 0.645. The van der Waals surface area contributed by atoms with Gasteiger partial charge in [-0.2, -0.15) is 0 Å². The third-order valence-electron chi connectivity index (χ3n) is 2.74. The first-order chi connectivity index (χ1) is 8.75. The molecule has 3 rings (SSSR count). The molecule has 3 aromatic rings. The molecule has 4 heteroatoms. The van der Waals surface area contributed by atoms with Crippen LogP contribution >= 0.6 is 0 Å². The summed E-state index contributed by atoms with van der Waals surface area (Å²) in [6.07, 6.45) is 2.72. The van der Waals surface area contributed by atoms with Gasteiger partial charge in [0.1, 0.15) is 17.2 Å². The average molecular weight is 240 g/mol. The number of nitrogens with zero attached hydrogens (tertiary/aromatic N) is 2. The fraction of sp³-hybridized carbons (Fsp3) is 0. The van der Waals surface area contributed by atoms with Crippen molar-refractivity contribution in [2.45, 2.75) is 0 Å². The van der Waals surface area contributed by atoms with Crippen molar-refractivity contribution in [2.75, 3.05) is 0 Å². The molecule has 0 spiro atoms. The summed E-state index contributed by atoms with van der Waals surface area (Å²) < 4.78 is 14.7. The van der Waals surface area contributed by atoms with E-state index in [9.17, 15) is 9.18 Å². The fourth-order valence-electron chi connectivity index (χ4n) is 1.86. The van der Waals surface area contributed by atoms with Gasteiger partial charge in [-0.25, -0.2) is 9.37 Å². The SMILES string of the molecule is O=C(c1ccccc1)c1cnc2ccc(F)cn12. The minimum atomic E-state index is -0.400. The first kappa shape index (κ1) is 10.7. The lowest BCUT2D eigenvalue weighted by Crippen LogP contribution is -2.05. The van der Waals surface area contributed by atoms with E-state index in [4.69, 9.17) is 0 Å². The molecule has 0 bridgehead atoms. The lowest BCUT2D eigenvalue weighted by molar-refractivity contribution is 0.103. The molecule has 0 aliphatic carbocycles. The van der Waals surface area contributed by atoms with E-state index >= 15 is 0 Å². The molecule has 1 aromatic carbocycles. The van der Waals surface area contributed by atoms with Gasteiger partial charge < -0.3 is 0 Å². The molecule has 2 aromatic heterocycles. The minimum absolute atomic E-state index is 0.172. The number of ketones is 1. The molecule has 0 radical (unpaired) electrons. The van der Waals surface area contributed by atoms with E-state index in [1.165, 1.54) is 28.9 Å². The maximum Gasteiger partial charge on any atom is 0.211 e. The fourth-order valence-corrected chi connectivity index (χ4v) is 1.86. The Bertz CT molecular complexity index is 719. The van der Waals surface area contributed by atoms with Crippen molar-refractivity contribution < 1.29 is 9.18 Å². The Balaban J connectivity index is 2.15. The van der Waals surface area contributed by atoms with Crippen LogP contribution in [0.15, 0.2) is 54.9 Å². The predicted molar refractivity (Wildman–Crippen MR) is 65.0 cm³/mol. The Hall–Kier alpha value is -2.49. The van der Waals surface area contributed by atoms with Crippen LogP contribution in [0.1, 0.15) is 16.1 Å². The topological polar surface area (TPSA) is 34.4 Å². The highest BCUT2D eigenvalue weighted by atomic mass is 19.1. The first-order valence-corrected chi connectivity index (χ1v) is 5.48. The zero-order chi connectivity index (χ0) is 12.5. The molecular formula is C14H9FN2O. The van der Waals surface area contributed by atoms with E-state index in [2.05, 4.69) is 4.98 Å². The zero-order valence-corrected chi connectivity index (χ0v) is 9.38. The molecule has 0 aliphatic heterocycles. The molecule has 3 nitrogen and oxygen atoms in total. The minimum Gasteiger partial charge on any atom is -0.294 e. The van der Waals surface area contributed by atoms with Gasteiger partial charge in [-0.15, -0.1) is 0 Å². The van der Waals surface area contributed by atoms with Crippen LogP contribution in [0.5, 0.6) is 0 Å². The van der Waals surface area contributed by atoms with E-state index in [1.807, 2.05) is 6.07 Å². The number of carbonyl (C=O) groups is 1. The number of pyridine rings is 1. The summed E-state index contributed by atoms with van der Waals surface area (Å²) in [5.74, 6) is -0.573.